The summed E-state index contributed by atoms with van der Waals surface area (Å²) >= 11 is 0. The Morgan fingerprint density at radius 3 is 1.80 bits per heavy atom. The highest BCUT2D eigenvalue weighted by Crippen LogP contribution is 2.41. The number of aliphatic hydroxyl groups excluding tert-OH is 1. The van der Waals surface area contributed by atoms with Crippen LogP contribution in [-0.4, -0.2) is 22.4 Å². The molecular formula is C18H38O2. The molecule has 0 aromatic heterocycles. The van der Waals surface area contributed by atoms with Gasteiger partial charge in [0.25, 0.3) is 0 Å². The number of rotatable bonds is 9. The Kier molecular flexibility index (Phi) is 7.24. The van der Waals surface area contributed by atoms with Crippen LogP contribution in [0.3, 0.4) is 0 Å². The fourth-order valence-corrected chi connectivity index (χ4v) is 3.10. The third-order valence-corrected chi connectivity index (χ3v) is 4.75. The van der Waals surface area contributed by atoms with Gasteiger partial charge >= 0.3 is 0 Å². The lowest BCUT2D eigenvalue weighted by molar-refractivity contribution is -0.148. The lowest BCUT2D eigenvalue weighted by Crippen LogP contribution is -2.42. The van der Waals surface area contributed by atoms with E-state index in [0.29, 0.717) is 11.3 Å². The molecule has 0 aliphatic heterocycles. The highest BCUT2D eigenvalue weighted by atomic mass is 16.5. The van der Waals surface area contributed by atoms with Crippen LogP contribution >= 0.6 is 0 Å². The van der Waals surface area contributed by atoms with Crippen molar-refractivity contribution in [2.24, 2.45) is 11.3 Å². The second-order valence-corrected chi connectivity index (χ2v) is 8.35. The summed E-state index contributed by atoms with van der Waals surface area (Å²) < 4.78 is 6.41. The summed E-state index contributed by atoms with van der Waals surface area (Å²) in [5, 5.41) is 9.46. The Morgan fingerprint density at radius 2 is 1.45 bits per heavy atom. The minimum absolute atomic E-state index is 0.142. The Bertz CT molecular complexity index is 279. The molecule has 0 heterocycles. The molecule has 0 aromatic carbocycles. The van der Waals surface area contributed by atoms with Crippen LogP contribution in [0.2, 0.25) is 0 Å². The Labute approximate surface area is 127 Å². The van der Waals surface area contributed by atoms with E-state index >= 15 is 0 Å². The van der Waals surface area contributed by atoms with Gasteiger partial charge in [0, 0.05) is 0 Å². The van der Waals surface area contributed by atoms with Crippen LogP contribution < -0.4 is 0 Å². The van der Waals surface area contributed by atoms with Crippen molar-refractivity contribution in [3.8, 4) is 0 Å². The fraction of sp³-hybridized carbons (Fsp3) is 1.00. The van der Waals surface area contributed by atoms with Gasteiger partial charge in [0.1, 0.15) is 0 Å². The zero-order valence-electron chi connectivity index (χ0n) is 15.3. The van der Waals surface area contributed by atoms with Crippen molar-refractivity contribution in [2.45, 2.75) is 105 Å². The topological polar surface area (TPSA) is 29.5 Å². The maximum Gasteiger partial charge on any atom is 0.0639 e. The van der Waals surface area contributed by atoms with Crippen LogP contribution in [0.4, 0.5) is 0 Å². The molecule has 0 aromatic rings. The molecule has 0 bridgehead atoms. The molecule has 2 nitrogen and oxygen atoms in total. The molecule has 0 saturated carbocycles. The zero-order valence-corrected chi connectivity index (χ0v) is 15.3. The molecule has 0 spiro atoms. The molecule has 2 unspecified atom stereocenters. The average molecular weight is 286 g/mol. The van der Waals surface area contributed by atoms with E-state index in [1.807, 2.05) is 6.92 Å². The summed E-state index contributed by atoms with van der Waals surface area (Å²) in [6, 6.07) is 0. The first-order chi connectivity index (χ1) is 8.83. The normalized spacial score (nSPS) is 18.1. The fourth-order valence-electron chi connectivity index (χ4n) is 3.10. The summed E-state index contributed by atoms with van der Waals surface area (Å²) in [5.74, 6) is 0.649. The Balaban J connectivity index is 4.72. The van der Waals surface area contributed by atoms with Crippen LogP contribution in [0.1, 0.15) is 88.0 Å². The van der Waals surface area contributed by atoms with Crippen molar-refractivity contribution in [1.29, 1.82) is 0 Å². The first-order valence-corrected chi connectivity index (χ1v) is 8.22. The third-order valence-electron chi connectivity index (χ3n) is 4.75. The number of hydrogen-bond acceptors (Lipinski definition) is 2. The van der Waals surface area contributed by atoms with Gasteiger partial charge < -0.3 is 9.84 Å². The van der Waals surface area contributed by atoms with E-state index in [9.17, 15) is 5.11 Å². The van der Waals surface area contributed by atoms with Crippen LogP contribution in [0.25, 0.3) is 0 Å². The molecule has 0 aliphatic rings. The molecule has 20 heavy (non-hydrogen) atoms. The van der Waals surface area contributed by atoms with Gasteiger partial charge in [0.2, 0.25) is 0 Å². The molecule has 0 rings (SSSR count). The molecule has 0 aliphatic carbocycles. The van der Waals surface area contributed by atoms with Crippen molar-refractivity contribution >= 4 is 0 Å². The third kappa shape index (κ3) is 7.08. The van der Waals surface area contributed by atoms with Gasteiger partial charge in [-0.3, -0.25) is 0 Å². The monoisotopic (exact) mass is 286 g/mol. The molecule has 1 N–H and O–H groups in total. The summed E-state index contributed by atoms with van der Waals surface area (Å²) in [4.78, 5) is 0. The maximum absolute atomic E-state index is 9.46. The summed E-state index contributed by atoms with van der Waals surface area (Å²) in [6.45, 7) is 19.8. The minimum atomic E-state index is -0.252. The van der Waals surface area contributed by atoms with E-state index in [1.165, 1.54) is 6.42 Å². The van der Waals surface area contributed by atoms with E-state index in [-0.39, 0.29) is 17.3 Å². The molecule has 0 fully saturated rings. The van der Waals surface area contributed by atoms with Gasteiger partial charge in [0.05, 0.1) is 17.3 Å². The summed E-state index contributed by atoms with van der Waals surface area (Å²) in [7, 11) is 0. The first-order valence-electron chi connectivity index (χ1n) is 8.22. The summed E-state index contributed by atoms with van der Waals surface area (Å²) in [6.07, 6.45) is 3.66. The zero-order chi connectivity index (χ0) is 16.2. The highest BCUT2D eigenvalue weighted by molar-refractivity contribution is 4.87. The van der Waals surface area contributed by atoms with E-state index in [2.05, 4.69) is 55.4 Å². The lowest BCUT2D eigenvalue weighted by Gasteiger charge is -2.43. The van der Waals surface area contributed by atoms with Gasteiger partial charge in [-0.15, -0.1) is 0 Å². The van der Waals surface area contributed by atoms with Crippen LogP contribution in [-0.2, 0) is 4.74 Å². The van der Waals surface area contributed by atoms with Crippen molar-refractivity contribution in [3.63, 3.8) is 0 Å². The largest absolute Gasteiger partial charge is 0.393 e. The molecule has 2 atom stereocenters. The quantitative estimate of drug-likeness (QED) is 0.632. The van der Waals surface area contributed by atoms with Crippen molar-refractivity contribution < 1.29 is 9.84 Å². The number of aliphatic hydroxyl groups is 1. The second-order valence-electron chi connectivity index (χ2n) is 8.35. The van der Waals surface area contributed by atoms with Gasteiger partial charge in [-0.25, -0.2) is 0 Å². The lowest BCUT2D eigenvalue weighted by atomic mass is 9.70. The van der Waals surface area contributed by atoms with E-state index in [1.54, 1.807) is 0 Å². The molecule has 0 saturated heterocycles. The second kappa shape index (κ2) is 7.26. The van der Waals surface area contributed by atoms with E-state index in [0.717, 1.165) is 19.3 Å². The van der Waals surface area contributed by atoms with Crippen LogP contribution in [0.15, 0.2) is 0 Å². The number of ether oxygens (including phenoxy) is 1. The molecule has 122 valence electrons. The van der Waals surface area contributed by atoms with Gasteiger partial charge in [-0.2, -0.15) is 0 Å². The van der Waals surface area contributed by atoms with Crippen LogP contribution in [0, 0.1) is 11.3 Å². The van der Waals surface area contributed by atoms with Gasteiger partial charge in [-0.05, 0) is 65.2 Å². The van der Waals surface area contributed by atoms with E-state index in [4.69, 9.17) is 4.74 Å². The van der Waals surface area contributed by atoms with Crippen molar-refractivity contribution in [1.82, 2.24) is 0 Å². The highest BCUT2D eigenvalue weighted by Gasteiger charge is 2.37. The first kappa shape index (κ1) is 19.9. The molecule has 0 amide bonds. The molecule has 0 radical (unpaired) electrons. The van der Waals surface area contributed by atoms with Crippen molar-refractivity contribution in [2.75, 3.05) is 0 Å². The SMILES string of the molecule is CCC(C)(CC(C)(C)OC(C)(C)CCC(C)O)C(C)C. The average Bonchev–Trinajstić information content (AvgIpc) is 2.24. The minimum Gasteiger partial charge on any atom is -0.393 e. The molecular weight excluding hydrogens is 248 g/mol. The van der Waals surface area contributed by atoms with E-state index < -0.39 is 0 Å². The standard InChI is InChI=1S/C18H38O2/c1-10-18(9,14(2)3)13-17(7,8)20-16(5,6)12-11-15(4)19/h14-15,19H,10-13H2,1-9H3. The Hall–Kier alpha value is -0.0800. The molecule has 2 heteroatoms. The summed E-state index contributed by atoms with van der Waals surface area (Å²) in [5.41, 5.74) is -0.0206. The Morgan fingerprint density at radius 1 is 0.950 bits per heavy atom. The predicted octanol–water partition coefficient (Wildman–Crippen LogP) is 5.18. The maximum atomic E-state index is 9.46. The van der Waals surface area contributed by atoms with Crippen LogP contribution in [0.5, 0.6) is 0 Å². The number of hydrogen-bond donors (Lipinski definition) is 1. The van der Waals surface area contributed by atoms with Gasteiger partial charge in [0.15, 0.2) is 0 Å². The van der Waals surface area contributed by atoms with Gasteiger partial charge in [-0.1, -0.05) is 34.1 Å². The predicted molar refractivity (Wildman–Crippen MR) is 88.0 cm³/mol. The smallest absolute Gasteiger partial charge is 0.0639 e. The van der Waals surface area contributed by atoms with Crippen molar-refractivity contribution in [3.05, 3.63) is 0 Å².